The van der Waals surface area contributed by atoms with Gasteiger partial charge in [0.15, 0.2) is 23.3 Å². The monoisotopic (exact) mass is 1010 g/mol. The second-order valence-corrected chi connectivity index (χ2v) is 15.1. The van der Waals surface area contributed by atoms with Crippen molar-refractivity contribution in [1.29, 1.82) is 15.8 Å². The third-order valence-corrected chi connectivity index (χ3v) is 10.9. The van der Waals surface area contributed by atoms with Crippen LogP contribution in [0.5, 0.6) is 0 Å². The van der Waals surface area contributed by atoms with Crippen molar-refractivity contribution in [3.8, 4) is 29.3 Å². The van der Waals surface area contributed by atoms with Gasteiger partial charge in [0.1, 0.15) is 29.6 Å². The zero-order valence-corrected chi connectivity index (χ0v) is 37.3. The molecule has 4 aromatic carbocycles. The van der Waals surface area contributed by atoms with E-state index in [0.29, 0.717) is 24.3 Å². The summed E-state index contributed by atoms with van der Waals surface area (Å²) in [6.45, 7) is 0. The number of benzene rings is 4. The molecule has 4 aliphatic heterocycles. The number of nitriles is 3. The van der Waals surface area contributed by atoms with E-state index in [9.17, 15) is 73.9 Å². The van der Waals surface area contributed by atoms with Gasteiger partial charge in [-0.05, 0) is 46.5 Å². The van der Waals surface area contributed by atoms with Crippen LogP contribution in [0.1, 0.15) is 44.5 Å². The molecule has 0 fully saturated rings. The van der Waals surface area contributed by atoms with Gasteiger partial charge in [-0.25, -0.2) is 25.0 Å². The Morgan fingerprint density at radius 3 is 1.19 bits per heavy atom. The summed E-state index contributed by atoms with van der Waals surface area (Å²) in [5.41, 5.74) is -17.3. The number of alkyl halides is 12. The molecular weight excluding hydrogens is 997 g/mol. The fourth-order valence-electron chi connectivity index (χ4n) is 8.03. The summed E-state index contributed by atoms with van der Waals surface area (Å²) in [5.74, 6) is -3.87. The van der Waals surface area contributed by atoms with Crippen LogP contribution in [-0.2, 0) is 24.7 Å². The molecule has 5 aromatic rings. The normalized spacial score (nSPS) is 15.7. The van der Waals surface area contributed by atoms with E-state index in [-0.39, 0.29) is 23.1 Å². The largest absolute Gasteiger partial charge is 2.00 e. The Morgan fingerprint density at radius 1 is 0.411 bits per heavy atom. The van der Waals surface area contributed by atoms with Gasteiger partial charge in [-0.15, -0.1) is 0 Å². The topological polar surface area (TPSA) is 194 Å². The maximum atomic E-state index is 14.8. The summed E-state index contributed by atoms with van der Waals surface area (Å²) in [5, 5.41) is 42.8. The summed E-state index contributed by atoms with van der Waals surface area (Å²) >= 11 is 0. The first-order valence-electron chi connectivity index (χ1n) is 20.0. The first-order valence-corrected chi connectivity index (χ1v) is 20.0. The zero-order valence-electron chi connectivity index (χ0n) is 35.8. The van der Waals surface area contributed by atoms with Crippen LogP contribution < -0.4 is 16.0 Å². The van der Waals surface area contributed by atoms with Gasteiger partial charge >= 0.3 is 47.8 Å². The van der Waals surface area contributed by atoms with Crippen LogP contribution in [0.15, 0.2) is 155 Å². The number of hydrogen-bond acceptors (Lipinski definition) is 10. The average Bonchev–Trinajstić information content (AvgIpc) is 4.06. The van der Waals surface area contributed by atoms with Gasteiger partial charge in [0, 0.05) is 38.8 Å². The molecule has 0 aliphatic carbocycles. The Bertz CT molecular complexity index is 3850. The quantitative estimate of drug-likeness (QED) is 0.0983. The van der Waals surface area contributed by atoms with Gasteiger partial charge in [-0.3, -0.25) is 5.87 Å². The van der Waals surface area contributed by atoms with Crippen molar-refractivity contribution < 1.29 is 52.7 Å². The van der Waals surface area contributed by atoms with Gasteiger partial charge in [-0.1, -0.05) is 72.8 Å². The van der Waals surface area contributed by atoms with Crippen LogP contribution in [0, 0.1) is 34.0 Å². The van der Waals surface area contributed by atoms with E-state index in [1.54, 1.807) is 24.1 Å². The number of hydrogen-bond donors (Lipinski definition) is 0. The summed E-state index contributed by atoms with van der Waals surface area (Å²) in [7, 11) is 0. The molecule has 9 rings (SSSR count). The predicted molar refractivity (Wildman–Crippen MR) is 238 cm³/mol. The number of aliphatic imine (C=N–C) groups is 5. The van der Waals surface area contributed by atoms with E-state index >= 15 is 0 Å². The molecule has 5 heterocycles. The fraction of sp³-hybridized carbons (Fsp3) is 0.0833. The van der Waals surface area contributed by atoms with Crippen LogP contribution in [0.2, 0.25) is 0 Å². The Labute approximate surface area is 416 Å². The molecule has 0 N–H and O–H groups in total. The summed E-state index contributed by atoms with van der Waals surface area (Å²) in [4.78, 5) is 33.6. The summed E-state index contributed by atoms with van der Waals surface area (Å²) < 4.78 is 177. The smallest absolute Gasteiger partial charge is 0.763 e. The van der Waals surface area contributed by atoms with Gasteiger partial charge < -0.3 is 20.4 Å². The second kappa shape index (κ2) is 18.4. The Balaban J connectivity index is 0.00000711. The second-order valence-electron chi connectivity index (χ2n) is 15.1. The van der Waals surface area contributed by atoms with E-state index in [2.05, 4.69) is 39.9 Å². The van der Waals surface area contributed by atoms with Crippen LogP contribution in [-0.4, -0.2) is 58.1 Å². The molecule has 0 radical (unpaired) electrons. The minimum Gasteiger partial charge on any atom is -0.763 e. The third-order valence-electron chi connectivity index (χ3n) is 10.9. The molecule has 354 valence electrons. The van der Waals surface area contributed by atoms with E-state index in [1.165, 1.54) is 0 Å². The SMILES string of the molecule is N#CC1=C(c2ccccc2C(F)(F)F)C2=NC3=NC(=C(c4ccccc4C(F)(F)F)C3=C=[N-])N=c3[n-]c(c(-c4ccccc4C(F)(F)F)c3C#N)=NC3=NC(=NC1=N2)C(c1ccccc1C(F)(F)F)=C3C#N.[Mg+2]. The maximum Gasteiger partial charge on any atom is 2.00 e. The van der Waals surface area contributed by atoms with E-state index in [4.69, 9.17) is 0 Å². The molecule has 0 amide bonds. The molecular formula is C48H16F12MgN12. The summed E-state index contributed by atoms with van der Waals surface area (Å²) in [6, 6.07) is 19.3. The molecule has 8 bridgehead atoms. The van der Waals surface area contributed by atoms with Crippen LogP contribution in [0.3, 0.4) is 0 Å². The number of nitrogens with zero attached hydrogens (tertiary/aromatic N) is 12. The molecule has 0 unspecified atom stereocenters. The number of amidine groups is 5. The van der Waals surface area contributed by atoms with Crippen LogP contribution in [0.4, 0.5) is 52.7 Å². The standard InChI is InChI=1S/C48H16F12N12.Mg/c49-45(50,51)29-13-5-1-9-21(29)33-25(17-61)37-65-41(33)69-38-26(18-62)34(22-10-2-6-14-30(22)46(52,53)54)43(66-38)71-40-28(20-64)36(24-12-4-8-16-32(24)48(58,59)60)44(68-40)72-39-27(19-63)35(42(67-39)70-37)23-11-3-7-15-31(23)47(55,56)57;/h1-16H;/q-2;+2. The van der Waals surface area contributed by atoms with Crippen molar-refractivity contribution in [2.75, 3.05) is 0 Å². The van der Waals surface area contributed by atoms with Gasteiger partial charge in [0.05, 0.1) is 39.2 Å². The third kappa shape index (κ3) is 8.88. The molecule has 0 atom stereocenters. The number of aromatic nitrogens is 1. The maximum absolute atomic E-state index is 14.8. The van der Waals surface area contributed by atoms with E-state index in [0.717, 1.165) is 72.8 Å². The average molecular weight is 1010 g/mol. The first-order chi connectivity index (χ1) is 34.1. The Kier molecular flexibility index (Phi) is 12.8. The minimum absolute atomic E-state index is 0. The van der Waals surface area contributed by atoms with Gasteiger partial charge in [0.2, 0.25) is 0 Å². The van der Waals surface area contributed by atoms with Crippen molar-refractivity contribution in [2.45, 2.75) is 24.7 Å². The molecule has 73 heavy (non-hydrogen) atoms. The Morgan fingerprint density at radius 2 is 0.781 bits per heavy atom. The molecule has 0 saturated carbocycles. The van der Waals surface area contributed by atoms with Crippen molar-refractivity contribution in [3.63, 3.8) is 0 Å². The van der Waals surface area contributed by atoms with Crippen LogP contribution >= 0.6 is 0 Å². The van der Waals surface area contributed by atoms with Crippen molar-refractivity contribution >= 4 is 74.8 Å². The van der Waals surface area contributed by atoms with Crippen molar-refractivity contribution in [2.24, 2.45) is 34.9 Å². The Hall–Kier alpha value is -8.82. The fourth-order valence-corrected chi connectivity index (χ4v) is 8.03. The molecule has 12 nitrogen and oxygen atoms in total. The molecule has 0 saturated heterocycles. The minimum atomic E-state index is -5.18. The molecule has 0 spiro atoms. The van der Waals surface area contributed by atoms with E-state index in [1.807, 2.05) is 0 Å². The van der Waals surface area contributed by atoms with Gasteiger partial charge in [0.25, 0.3) is 0 Å². The molecule has 25 heteroatoms. The zero-order chi connectivity index (χ0) is 51.7. The molecule has 1 aromatic heterocycles. The number of halogens is 12. The van der Waals surface area contributed by atoms with Gasteiger partial charge in [-0.2, -0.15) is 68.5 Å². The summed E-state index contributed by atoms with van der Waals surface area (Å²) in [6.07, 6.45) is -20.7. The predicted octanol–water partition coefficient (Wildman–Crippen LogP) is 9.65. The van der Waals surface area contributed by atoms with Crippen molar-refractivity contribution in [3.05, 3.63) is 180 Å². The number of rotatable bonds is 4. The first kappa shape index (κ1) is 50.6. The van der Waals surface area contributed by atoms with Crippen molar-refractivity contribution in [1.82, 2.24) is 4.98 Å². The molecule has 4 aliphatic rings. The van der Waals surface area contributed by atoms with Crippen LogP contribution in [0.25, 0.3) is 33.3 Å². The van der Waals surface area contributed by atoms with E-state index < -0.39 is 160 Å². The number of fused-ring (bicyclic) bond motifs is 5.